The number of nitrogens with two attached hydrogens (primary N) is 1. The molecule has 1 aromatic rings. The summed E-state index contributed by atoms with van der Waals surface area (Å²) in [4.78, 5) is 41.0. The molecule has 4 saturated carbocycles. The third-order valence-corrected chi connectivity index (χ3v) is 10.8. The van der Waals surface area contributed by atoms with Crippen molar-refractivity contribution < 1.29 is 19.5 Å². The number of benzene rings is 1. The fraction of sp³-hybridized carbons (Fsp3) is 0.710. The summed E-state index contributed by atoms with van der Waals surface area (Å²) in [6.07, 6.45) is 12.4. The highest BCUT2D eigenvalue weighted by molar-refractivity contribution is 5.92. The van der Waals surface area contributed by atoms with E-state index in [1.807, 2.05) is 12.1 Å². The number of fused-ring (bicyclic) bond motifs is 2. The lowest BCUT2D eigenvalue weighted by Gasteiger charge is -2.58. The van der Waals surface area contributed by atoms with Gasteiger partial charge in [-0.25, -0.2) is 0 Å². The molecule has 0 aromatic heterocycles. The van der Waals surface area contributed by atoms with Gasteiger partial charge in [-0.2, -0.15) is 0 Å². The predicted molar refractivity (Wildman–Crippen MR) is 145 cm³/mol. The predicted octanol–water partition coefficient (Wildman–Crippen LogP) is 4.41. The van der Waals surface area contributed by atoms with E-state index in [0.717, 1.165) is 43.7 Å². The fourth-order valence-corrected chi connectivity index (χ4v) is 9.65. The van der Waals surface area contributed by atoms with E-state index in [-0.39, 0.29) is 30.1 Å². The van der Waals surface area contributed by atoms with Crippen LogP contribution in [0, 0.1) is 23.2 Å². The number of carboxylic acid groups (broad SMARTS) is 1. The number of carbonyl (C=O) groups is 3. The molecule has 2 saturated heterocycles. The van der Waals surface area contributed by atoms with Gasteiger partial charge in [-0.1, -0.05) is 12.1 Å². The molecule has 3 N–H and O–H groups in total. The fourth-order valence-electron chi connectivity index (χ4n) is 9.65. The van der Waals surface area contributed by atoms with Crippen molar-refractivity contribution >= 4 is 17.8 Å². The van der Waals surface area contributed by atoms with Crippen LogP contribution in [0.1, 0.15) is 98.9 Å². The Labute approximate surface area is 226 Å². The van der Waals surface area contributed by atoms with E-state index < -0.39 is 5.97 Å². The molecule has 6 aliphatic rings. The standard InChI is InChI=1S/C31H43N3O4/c32-30(38)24-3-1-2-23(13-24)25-14-26-4-5-27(15-25)34(26)9-8-33(28(35)6-7-29(36)37)19-31-16-20-10-21(17-31)12-22(11-20)18-31/h1-3,13,20-22,25-27H,4-12,14-19H2,(H2,32,38)(H,36,37)/t20?,21?,22?,25-,26+,27-,31?. The van der Waals surface area contributed by atoms with Crippen molar-refractivity contribution in [3.8, 4) is 0 Å². The Morgan fingerprint density at radius 2 is 1.58 bits per heavy atom. The van der Waals surface area contributed by atoms with Gasteiger partial charge in [-0.05, 0) is 111 Å². The van der Waals surface area contributed by atoms with E-state index in [0.29, 0.717) is 30.1 Å². The van der Waals surface area contributed by atoms with Gasteiger partial charge in [0.2, 0.25) is 11.8 Å². The average molecular weight is 522 g/mol. The molecule has 6 bridgehead atoms. The number of hydrogen-bond donors (Lipinski definition) is 2. The number of carbonyl (C=O) groups excluding carboxylic acids is 2. The minimum Gasteiger partial charge on any atom is -0.481 e. The minimum atomic E-state index is -0.895. The van der Waals surface area contributed by atoms with E-state index in [9.17, 15) is 19.5 Å². The molecule has 38 heavy (non-hydrogen) atoms. The second-order valence-corrected chi connectivity index (χ2v) is 13.4. The first-order valence-corrected chi connectivity index (χ1v) is 14.9. The lowest BCUT2D eigenvalue weighted by atomic mass is 9.49. The van der Waals surface area contributed by atoms with E-state index in [4.69, 9.17) is 5.73 Å². The van der Waals surface area contributed by atoms with E-state index in [1.54, 1.807) is 6.07 Å². The van der Waals surface area contributed by atoms with E-state index >= 15 is 0 Å². The number of primary amides is 1. The molecule has 7 rings (SSSR count). The van der Waals surface area contributed by atoms with Crippen LogP contribution in [0.4, 0.5) is 0 Å². The molecule has 7 heteroatoms. The van der Waals surface area contributed by atoms with Crippen LogP contribution in [0.5, 0.6) is 0 Å². The first-order valence-electron chi connectivity index (χ1n) is 14.9. The van der Waals surface area contributed by atoms with Gasteiger partial charge in [0.05, 0.1) is 6.42 Å². The number of hydrogen-bond acceptors (Lipinski definition) is 4. The lowest BCUT2D eigenvalue weighted by molar-refractivity contribution is -0.143. The molecule has 1 aromatic carbocycles. The highest BCUT2D eigenvalue weighted by atomic mass is 16.4. The summed E-state index contributed by atoms with van der Waals surface area (Å²) in [7, 11) is 0. The van der Waals surface area contributed by atoms with Crippen LogP contribution >= 0.6 is 0 Å². The summed E-state index contributed by atoms with van der Waals surface area (Å²) in [5, 5.41) is 9.22. The van der Waals surface area contributed by atoms with Crippen LogP contribution in [-0.2, 0) is 9.59 Å². The smallest absolute Gasteiger partial charge is 0.303 e. The molecule has 3 atom stereocenters. The molecule has 206 valence electrons. The molecule has 2 heterocycles. The monoisotopic (exact) mass is 521 g/mol. The largest absolute Gasteiger partial charge is 0.481 e. The highest BCUT2D eigenvalue weighted by Crippen LogP contribution is 2.60. The molecule has 0 unspecified atom stereocenters. The molecule has 2 aliphatic heterocycles. The van der Waals surface area contributed by atoms with Crippen molar-refractivity contribution in [1.82, 2.24) is 9.80 Å². The molecule has 4 aliphatic carbocycles. The SMILES string of the molecule is NC(=O)c1cccc([C@H]2C[C@H]3CC[C@@H](C2)N3CCN(CC23CC4CC(CC(C4)C2)C3)C(=O)CCC(=O)O)c1. The molecule has 0 spiro atoms. The van der Waals surface area contributed by atoms with Gasteiger partial charge in [0.1, 0.15) is 0 Å². The van der Waals surface area contributed by atoms with Crippen LogP contribution in [0.15, 0.2) is 24.3 Å². The Kier molecular flexibility index (Phi) is 7.00. The Balaban J connectivity index is 1.12. The van der Waals surface area contributed by atoms with Crippen molar-refractivity contribution in [3.05, 3.63) is 35.4 Å². The van der Waals surface area contributed by atoms with Crippen LogP contribution in [0.2, 0.25) is 0 Å². The summed E-state index contributed by atoms with van der Waals surface area (Å²) in [5.74, 6) is 1.69. The summed E-state index contributed by atoms with van der Waals surface area (Å²) in [6, 6.07) is 8.80. The Hall–Kier alpha value is -2.41. The number of aliphatic carboxylic acids is 1. The number of rotatable bonds is 10. The van der Waals surface area contributed by atoms with Gasteiger partial charge >= 0.3 is 5.97 Å². The second kappa shape index (κ2) is 10.3. The van der Waals surface area contributed by atoms with Gasteiger partial charge in [-0.15, -0.1) is 0 Å². The van der Waals surface area contributed by atoms with Gasteiger partial charge in [0.25, 0.3) is 0 Å². The maximum atomic E-state index is 13.4. The molecular formula is C31H43N3O4. The van der Waals surface area contributed by atoms with Gasteiger partial charge in [0.15, 0.2) is 0 Å². The van der Waals surface area contributed by atoms with Crippen molar-refractivity contribution in [2.24, 2.45) is 28.9 Å². The first-order chi connectivity index (χ1) is 18.3. The van der Waals surface area contributed by atoms with Gasteiger partial charge in [0, 0.05) is 43.7 Å². The summed E-state index contributed by atoms with van der Waals surface area (Å²) < 4.78 is 0. The highest BCUT2D eigenvalue weighted by Gasteiger charge is 2.51. The quantitative estimate of drug-likeness (QED) is 0.475. The van der Waals surface area contributed by atoms with Crippen molar-refractivity contribution in [3.63, 3.8) is 0 Å². The molecule has 7 nitrogen and oxygen atoms in total. The zero-order valence-electron chi connectivity index (χ0n) is 22.5. The third-order valence-electron chi connectivity index (χ3n) is 10.8. The van der Waals surface area contributed by atoms with Crippen molar-refractivity contribution in [2.75, 3.05) is 19.6 Å². The normalized spacial score (nSPS) is 35.4. The topological polar surface area (TPSA) is 104 Å². The third kappa shape index (κ3) is 5.23. The molecule has 6 fully saturated rings. The Bertz CT molecular complexity index is 1040. The molecule has 2 amide bonds. The zero-order chi connectivity index (χ0) is 26.4. The van der Waals surface area contributed by atoms with E-state index in [2.05, 4.69) is 15.9 Å². The van der Waals surface area contributed by atoms with Gasteiger partial charge in [-0.3, -0.25) is 19.3 Å². The molecular weight excluding hydrogens is 478 g/mol. The van der Waals surface area contributed by atoms with Crippen LogP contribution in [0.25, 0.3) is 0 Å². The number of amides is 2. The van der Waals surface area contributed by atoms with Crippen LogP contribution in [-0.4, -0.2) is 64.4 Å². The van der Waals surface area contributed by atoms with Crippen molar-refractivity contribution in [1.29, 1.82) is 0 Å². The summed E-state index contributed by atoms with van der Waals surface area (Å²) >= 11 is 0. The lowest BCUT2D eigenvalue weighted by Crippen LogP contribution is -2.54. The average Bonchev–Trinajstić information content (AvgIpc) is 3.10. The van der Waals surface area contributed by atoms with Gasteiger partial charge < -0.3 is 15.7 Å². The maximum absolute atomic E-state index is 13.4. The van der Waals surface area contributed by atoms with Crippen LogP contribution < -0.4 is 5.73 Å². The van der Waals surface area contributed by atoms with E-state index in [1.165, 1.54) is 56.9 Å². The van der Waals surface area contributed by atoms with Crippen molar-refractivity contribution in [2.45, 2.75) is 95.1 Å². The second-order valence-electron chi connectivity index (χ2n) is 13.4. The number of piperidine rings is 1. The Morgan fingerprint density at radius 3 is 2.16 bits per heavy atom. The first kappa shape index (κ1) is 25.8. The minimum absolute atomic E-state index is 0.0219. The number of carboxylic acids is 1. The number of nitrogens with zero attached hydrogens (tertiary/aromatic N) is 2. The van der Waals surface area contributed by atoms with Crippen LogP contribution in [0.3, 0.4) is 0 Å². The maximum Gasteiger partial charge on any atom is 0.303 e. The summed E-state index contributed by atoms with van der Waals surface area (Å²) in [5.41, 5.74) is 7.58. The Morgan fingerprint density at radius 1 is 0.947 bits per heavy atom. The zero-order valence-corrected chi connectivity index (χ0v) is 22.5. The molecule has 0 radical (unpaired) electrons. The summed E-state index contributed by atoms with van der Waals surface area (Å²) in [6.45, 7) is 2.39.